The monoisotopic (exact) mass is 331 g/mol. The molecule has 0 saturated heterocycles. The van der Waals surface area contributed by atoms with Crippen LogP contribution in [0.4, 0.5) is 0 Å². The van der Waals surface area contributed by atoms with Gasteiger partial charge in [0, 0.05) is 22.9 Å². The fraction of sp³-hybridized carbons (Fsp3) is 0.278. The maximum absolute atomic E-state index is 12.0. The first-order valence-corrected chi connectivity index (χ1v) is 9.40. The van der Waals surface area contributed by atoms with Gasteiger partial charge in [-0.05, 0) is 24.6 Å². The minimum absolute atomic E-state index is 0.0260. The Morgan fingerprint density at radius 3 is 2.36 bits per heavy atom. The van der Waals surface area contributed by atoms with E-state index < -0.39 is 0 Å². The van der Waals surface area contributed by atoms with Crippen LogP contribution in [0.2, 0.25) is 0 Å². The van der Waals surface area contributed by atoms with Crippen molar-refractivity contribution in [2.24, 2.45) is 0 Å². The number of amides is 1. The number of carbonyl (C=O) groups excluding carboxylic acids is 1. The van der Waals surface area contributed by atoms with Crippen LogP contribution in [0.5, 0.6) is 0 Å². The molecule has 2 aromatic carbocycles. The number of benzene rings is 2. The van der Waals surface area contributed by atoms with Crippen LogP contribution >= 0.6 is 23.5 Å². The summed E-state index contributed by atoms with van der Waals surface area (Å²) in [6, 6.07) is 20.5. The number of carbonyl (C=O) groups is 1. The van der Waals surface area contributed by atoms with Gasteiger partial charge in [-0.1, -0.05) is 48.5 Å². The molecule has 4 heteroatoms. The van der Waals surface area contributed by atoms with E-state index in [0.29, 0.717) is 6.54 Å². The van der Waals surface area contributed by atoms with E-state index in [1.165, 1.54) is 10.5 Å². The first-order valence-electron chi connectivity index (χ1n) is 7.37. The quantitative estimate of drug-likeness (QED) is 0.580. The molecule has 0 fully saturated rings. The third-order valence-corrected chi connectivity index (χ3v) is 5.35. The molecule has 0 spiro atoms. The Labute approximate surface area is 141 Å². The summed E-state index contributed by atoms with van der Waals surface area (Å²) in [5, 5.41) is 2.98. The van der Waals surface area contributed by atoms with Gasteiger partial charge in [0.05, 0.1) is 5.25 Å². The Kier molecular flexibility index (Phi) is 7.40. The normalized spacial score (nSPS) is 11.9. The van der Waals surface area contributed by atoms with Gasteiger partial charge in [0.1, 0.15) is 0 Å². The highest BCUT2D eigenvalue weighted by atomic mass is 32.2. The molecule has 2 aromatic rings. The second-order valence-corrected chi connectivity index (χ2v) is 7.39. The van der Waals surface area contributed by atoms with E-state index in [9.17, 15) is 4.79 Å². The molecule has 0 heterocycles. The molecule has 1 atom stereocenters. The topological polar surface area (TPSA) is 29.1 Å². The lowest BCUT2D eigenvalue weighted by atomic mass is 10.2. The largest absolute Gasteiger partial charge is 0.354 e. The molecule has 0 radical (unpaired) electrons. The van der Waals surface area contributed by atoms with E-state index in [2.05, 4.69) is 29.6 Å². The number of hydrogen-bond acceptors (Lipinski definition) is 3. The molecule has 0 aliphatic rings. The maximum Gasteiger partial charge on any atom is 0.232 e. The molecule has 116 valence electrons. The lowest BCUT2D eigenvalue weighted by molar-refractivity contribution is -0.120. The van der Waals surface area contributed by atoms with E-state index in [4.69, 9.17) is 0 Å². The lowest BCUT2D eigenvalue weighted by Crippen LogP contribution is -2.32. The molecular weight excluding hydrogens is 310 g/mol. The predicted molar refractivity (Wildman–Crippen MR) is 97.4 cm³/mol. The zero-order valence-corrected chi connectivity index (χ0v) is 14.3. The van der Waals surface area contributed by atoms with Crippen LogP contribution in [-0.2, 0) is 10.5 Å². The summed E-state index contributed by atoms with van der Waals surface area (Å²) in [5.74, 6) is 1.88. The second kappa shape index (κ2) is 9.59. The van der Waals surface area contributed by atoms with Crippen LogP contribution in [0.25, 0.3) is 0 Å². The van der Waals surface area contributed by atoms with Gasteiger partial charge in [-0.15, -0.1) is 23.5 Å². The second-order valence-electron chi connectivity index (χ2n) is 4.89. The molecule has 0 aromatic heterocycles. The van der Waals surface area contributed by atoms with Crippen molar-refractivity contribution in [3.05, 3.63) is 66.2 Å². The number of rotatable bonds is 8. The van der Waals surface area contributed by atoms with Crippen LogP contribution in [0, 0.1) is 0 Å². The van der Waals surface area contributed by atoms with E-state index in [0.717, 1.165) is 11.5 Å². The molecule has 22 heavy (non-hydrogen) atoms. The molecule has 0 saturated carbocycles. The van der Waals surface area contributed by atoms with Crippen molar-refractivity contribution in [2.45, 2.75) is 22.8 Å². The standard InChI is InChI=1S/C18H21NOS2/c1-15(22-14-16-8-4-2-5-9-16)18(20)19-12-13-21-17-10-6-3-7-11-17/h2-11,15H,12-14H2,1H3,(H,19,20). The third-order valence-electron chi connectivity index (χ3n) is 3.13. The van der Waals surface area contributed by atoms with E-state index in [1.807, 2.05) is 43.3 Å². The van der Waals surface area contributed by atoms with Crippen molar-refractivity contribution in [3.8, 4) is 0 Å². The third kappa shape index (κ3) is 6.16. The molecule has 0 aliphatic heterocycles. The van der Waals surface area contributed by atoms with Gasteiger partial charge in [-0.3, -0.25) is 4.79 Å². The minimum Gasteiger partial charge on any atom is -0.354 e. The van der Waals surface area contributed by atoms with Crippen LogP contribution in [-0.4, -0.2) is 23.5 Å². The Hall–Kier alpha value is -1.39. The van der Waals surface area contributed by atoms with Crippen molar-refractivity contribution in [3.63, 3.8) is 0 Å². The average molecular weight is 332 g/mol. The zero-order valence-electron chi connectivity index (χ0n) is 12.7. The fourth-order valence-corrected chi connectivity index (χ4v) is 3.53. The highest BCUT2D eigenvalue weighted by molar-refractivity contribution is 7.99. The summed E-state index contributed by atoms with van der Waals surface area (Å²) >= 11 is 3.44. The van der Waals surface area contributed by atoms with Gasteiger partial charge < -0.3 is 5.32 Å². The molecule has 0 bridgehead atoms. The summed E-state index contributed by atoms with van der Waals surface area (Å²) < 4.78 is 0. The van der Waals surface area contributed by atoms with Gasteiger partial charge in [0.15, 0.2) is 0 Å². The molecule has 0 aliphatic carbocycles. The van der Waals surface area contributed by atoms with Gasteiger partial charge in [0.25, 0.3) is 0 Å². The first-order chi connectivity index (χ1) is 10.8. The smallest absolute Gasteiger partial charge is 0.232 e. The molecule has 1 N–H and O–H groups in total. The Balaban J connectivity index is 1.62. The van der Waals surface area contributed by atoms with E-state index in [-0.39, 0.29) is 11.2 Å². The summed E-state index contributed by atoms with van der Waals surface area (Å²) in [6.45, 7) is 2.67. The Bertz CT molecular complexity index is 560. The number of thioether (sulfide) groups is 2. The predicted octanol–water partition coefficient (Wildman–Crippen LogP) is 4.22. The molecular formula is C18H21NOS2. The van der Waals surface area contributed by atoms with Crippen molar-refractivity contribution in [2.75, 3.05) is 12.3 Å². The first kappa shape index (κ1) is 17.0. The number of nitrogens with one attached hydrogen (secondary N) is 1. The van der Waals surface area contributed by atoms with Gasteiger partial charge >= 0.3 is 0 Å². The highest BCUT2D eigenvalue weighted by Crippen LogP contribution is 2.18. The summed E-state index contributed by atoms with van der Waals surface area (Å²) in [7, 11) is 0. The lowest BCUT2D eigenvalue weighted by Gasteiger charge is -2.12. The summed E-state index contributed by atoms with van der Waals surface area (Å²) in [6.07, 6.45) is 0. The van der Waals surface area contributed by atoms with E-state index in [1.54, 1.807) is 23.5 Å². The van der Waals surface area contributed by atoms with Crippen LogP contribution < -0.4 is 5.32 Å². The van der Waals surface area contributed by atoms with Crippen molar-refractivity contribution in [1.82, 2.24) is 5.32 Å². The van der Waals surface area contributed by atoms with Crippen LogP contribution in [0.3, 0.4) is 0 Å². The minimum atomic E-state index is -0.0260. The molecule has 2 rings (SSSR count). The Morgan fingerprint density at radius 1 is 1.05 bits per heavy atom. The van der Waals surface area contributed by atoms with Crippen LogP contribution in [0.15, 0.2) is 65.6 Å². The summed E-state index contributed by atoms with van der Waals surface area (Å²) in [5.41, 5.74) is 1.26. The van der Waals surface area contributed by atoms with Crippen LogP contribution in [0.1, 0.15) is 12.5 Å². The fourth-order valence-electron chi connectivity index (χ4n) is 1.87. The van der Waals surface area contributed by atoms with Crippen molar-refractivity contribution >= 4 is 29.4 Å². The molecule has 2 nitrogen and oxygen atoms in total. The van der Waals surface area contributed by atoms with Gasteiger partial charge in [-0.2, -0.15) is 0 Å². The van der Waals surface area contributed by atoms with Crippen molar-refractivity contribution < 1.29 is 4.79 Å². The Morgan fingerprint density at radius 2 is 1.68 bits per heavy atom. The highest BCUT2D eigenvalue weighted by Gasteiger charge is 2.12. The molecule has 1 amide bonds. The summed E-state index contributed by atoms with van der Waals surface area (Å²) in [4.78, 5) is 13.3. The average Bonchev–Trinajstić information content (AvgIpc) is 2.58. The maximum atomic E-state index is 12.0. The van der Waals surface area contributed by atoms with Gasteiger partial charge in [0.2, 0.25) is 5.91 Å². The van der Waals surface area contributed by atoms with Gasteiger partial charge in [-0.25, -0.2) is 0 Å². The molecule has 1 unspecified atom stereocenters. The SMILES string of the molecule is CC(SCc1ccccc1)C(=O)NCCSc1ccccc1. The number of hydrogen-bond donors (Lipinski definition) is 1. The van der Waals surface area contributed by atoms with E-state index >= 15 is 0 Å². The van der Waals surface area contributed by atoms with Crippen molar-refractivity contribution in [1.29, 1.82) is 0 Å². The zero-order chi connectivity index (χ0) is 15.6.